The highest BCUT2D eigenvalue weighted by atomic mass is 35.5. The van der Waals surface area contributed by atoms with Crippen LogP contribution in [0.1, 0.15) is 5.56 Å². The molecule has 0 bridgehead atoms. The molecule has 25 heavy (non-hydrogen) atoms. The maximum Gasteiger partial charge on any atom is 0.341 e. The second kappa shape index (κ2) is 7.72. The lowest BCUT2D eigenvalue weighted by molar-refractivity contribution is -0.139. The van der Waals surface area contributed by atoms with Crippen molar-refractivity contribution < 1.29 is 23.9 Å². The normalized spacial score (nSPS) is 10.4. The number of hydrogen-bond donors (Lipinski definition) is 1. The summed E-state index contributed by atoms with van der Waals surface area (Å²) in [6, 6.07) is 14.0. The molecule has 0 saturated heterocycles. The van der Waals surface area contributed by atoms with Gasteiger partial charge < -0.3 is 19.1 Å². The van der Waals surface area contributed by atoms with Crippen LogP contribution in [-0.4, -0.2) is 22.8 Å². The fourth-order valence-electron chi connectivity index (χ4n) is 2.23. The molecule has 0 aliphatic heterocycles. The fourth-order valence-corrected chi connectivity index (χ4v) is 2.41. The van der Waals surface area contributed by atoms with Crippen molar-refractivity contribution in [1.29, 1.82) is 0 Å². The van der Waals surface area contributed by atoms with E-state index in [4.69, 9.17) is 30.7 Å². The van der Waals surface area contributed by atoms with Crippen molar-refractivity contribution in [2.75, 3.05) is 6.61 Å². The Morgan fingerprint density at radius 1 is 1.12 bits per heavy atom. The number of carboxylic acids is 1. The van der Waals surface area contributed by atoms with Gasteiger partial charge >= 0.3 is 5.97 Å². The number of aromatic nitrogens is 1. The van der Waals surface area contributed by atoms with Crippen molar-refractivity contribution in [2.45, 2.75) is 6.61 Å². The van der Waals surface area contributed by atoms with Gasteiger partial charge in [-0.05, 0) is 24.3 Å². The van der Waals surface area contributed by atoms with Crippen molar-refractivity contribution in [3.8, 4) is 22.8 Å². The number of benzene rings is 2. The van der Waals surface area contributed by atoms with E-state index >= 15 is 0 Å². The minimum Gasteiger partial charge on any atom is -0.488 e. The first-order valence-electron chi connectivity index (χ1n) is 7.39. The largest absolute Gasteiger partial charge is 0.488 e. The molecule has 128 valence electrons. The maximum atomic E-state index is 10.7. The molecule has 0 spiro atoms. The molecule has 0 fully saturated rings. The quantitative estimate of drug-likeness (QED) is 0.685. The third-order valence-corrected chi connectivity index (χ3v) is 3.59. The van der Waals surface area contributed by atoms with Crippen molar-refractivity contribution in [2.24, 2.45) is 0 Å². The van der Waals surface area contributed by atoms with Gasteiger partial charge in [-0.25, -0.2) is 4.79 Å². The number of rotatable bonds is 7. The Morgan fingerprint density at radius 3 is 2.72 bits per heavy atom. The Labute approximate surface area is 148 Å². The van der Waals surface area contributed by atoms with Gasteiger partial charge in [-0.15, -0.1) is 0 Å². The van der Waals surface area contributed by atoms with Gasteiger partial charge in [0, 0.05) is 16.7 Å². The van der Waals surface area contributed by atoms with Gasteiger partial charge in [0.2, 0.25) is 0 Å². The maximum absolute atomic E-state index is 10.7. The Kier molecular flexibility index (Phi) is 5.20. The van der Waals surface area contributed by atoms with E-state index in [0.717, 1.165) is 5.56 Å². The number of carbonyl (C=O) groups is 1. The number of aliphatic carboxylic acids is 1. The highest BCUT2D eigenvalue weighted by Gasteiger charge is 2.12. The number of carboxylic acid groups (broad SMARTS) is 1. The van der Waals surface area contributed by atoms with E-state index in [-0.39, 0.29) is 6.61 Å². The second-order valence-electron chi connectivity index (χ2n) is 5.10. The van der Waals surface area contributed by atoms with Crippen molar-refractivity contribution >= 4 is 17.6 Å². The molecule has 0 aliphatic rings. The summed E-state index contributed by atoms with van der Waals surface area (Å²) in [5.41, 5.74) is 1.40. The van der Waals surface area contributed by atoms with Gasteiger partial charge in [0.15, 0.2) is 12.4 Å². The molecule has 2 aromatic carbocycles. The van der Waals surface area contributed by atoms with E-state index in [0.29, 0.717) is 27.8 Å². The van der Waals surface area contributed by atoms with Gasteiger partial charge in [-0.2, -0.15) is 0 Å². The molecule has 1 heterocycles. The predicted molar refractivity (Wildman–Crippen MR) is 90.9 cm³/mol. The summed E-state index contributed by atoms with van der Waals surface area (Å²) in [6.45, 7) is -0.222. The van der Waals surface area contributed by atoms with E-state index in [9.17, 15) is 4.79 Å². The first-order chi connectivity index (χ1) is 12.1. The average molecular weight is 360 g/mol. The Morgan fingerprint density at radius 2 is 1.96 bits per heavy atom. The average Bonchev–Trinajstić information content (AvgIpc) is 3.14. The standard InChI is InChI=1S/C18H14ClNO5/c19-13-5-6-16(14(9-13)17-7-8-20-25-17)23-10-12-3-1-2-4-15(12)24-11-18(21)22/h1-9H,10-11H2,(H,21,22). The Hall–Kier alpha value is -2.99. The SMILES string of the molecule is O=C(O)COc1ccccc1COc1ccc(Cl)cc1-c1ccno1. The smallest absolute Gasteiger partial charge is 0.341 e. The van der Waals surface area contributed by atoms with Crippen LogP contribution >= 0.6 is 11.6 Å². The van der Waals surface area contributed by atoms with Gasteiger partial charge in [0.25, 0.3) is 0 Å². The van der Waals surface area contributed by atoms with E-state index in [1.807, 2.05) is 6.07 Å². The topological polar surface area (TPSA) is 81.8 Å². The van der Waals surface area contributed by atoms with Gasteiger partial charge in [0.05, 0.1) is 11.8 Å². The minimum atomic E-state index is -1.04. The van der Waals surface area contributed by atoms with Crippen molar-refractivity contribution in [1.82, 2.24) is 5.16 Å². The minimum absolute atomic E-state index is 0.193. The first kappa shape index (κ1) is 16.9. The lowest BCUT2D eigenvalue weighted by atomic mass is 10.1. The molecule has 0 saturated carbocycles. The number of nitrogens with zero attached hydrogens (tertiary/aromatic N) is 1. The van der Waals surface area contributed by atoms with E-state index in [1.54, 1.807) is 42.5 Å². The van der Waals surface area contributed by atoms with Crippen LogP contribution in [0.3, 0.4) is 0 Å². The van der Waals surface area contributed by atoms with E-state index < -0.39 is 12.6 Å². The van der Waals surface area contributed by atoms with Crippen LogP contribution in [0.25, 0.3) is 11.3 Å². The van der Waals surface area contributed by atoms with E-state index in [2.05, 4.69) is 5.16 Å². The van der Waals surface area contributed by atoms with Gasteiger partial charge in [-0.1, -0.05) is 35.0 Å². The third kappa shape index (κ3) is 4.30. The van der Waals surface area contributed by atoms with Gasteiger partial charge in [0.1, 0.15) is 18.1 Å². The van der Waals surface area contributed by atoms with Crippen LogP contribution < -0.4 is 9.47 Å². The Balaban J connectivity index is 1.80. The van der Waals surface area contributed by atoms with Crippen LogP contribution in [0.4, 0.5) is 0 Å². The lowest BCUT2D eigenvalue weighted by Gasteiger charge is -2.13. The number of ether oxygens (including phenoxy) is 2. The molecule has 1 aromatic heterocycles. The van der Waals surface area contributed by atoms with Crippen molar-refractivity contribution in [3.05, 3.63) is 65.3 Å². The zero-order chi connectivity index (χ0) is 17.6. The van der Waals surface area contributed by atoms with Crippen LogP contribution in [0, 0.1) is 0 Å². The predicted octanol–water partition coefficient (Wildman–Crippen LogP) is 4.04. The van der Waals surface area contributed by atoms with Crippen LogP contribution in [-0.2, 0) is 11.4 Å². The lowest BCUT2D eigenvalue weighted by Crippen LogP contribution is -2.11. The molecule has 1 N–H and O–H groups in total. The number of halogens is 1. The number of para-hydroxylation sites is 1. The molecule has 3 aromatic rings. The molecule has 6 nitrogen and oxygen atoms in total. The summed E-state index contributed by atoms with van der Waals surface area (Å²) >= 11 is 6.05. The molecule has 0 unspecified atom stereocenters. The summed E-state index contributed by atoms with van der Waals surface area (Å²) < 4.78 is 16.3. The second-order valence-corrected chi connectivity index (χ2v) is 5.53. The molecule has 3 rings (SSSR count). The highest BCUT2D eigenvalue weighted by molar-refractivity contribution is 6.30. The third-order valence-electron chi connectivity index (χ3n) is 3.35. The van der Waals surface area contributed by atoms with Gasteiger partial charge in [-0.3, -0.25) is 0 Å². The summed E-state index contributed by atoms with van der Waals surface area (Å²) in [6.07, 6.45) is 1.54. The summed E-state index contributed by atoms with van der Waals surface area (Å²) in [7, 11) is 0. The van der Waals surface area contributed by atoms with Crippen LogP contribution in [0.5, 0.6) is 11.5 Å². The molecule has 0 radical (unpaired) electrons. The van der Waals surface area contributed by atoms with E-state index in [1.165, 1.54) is 6.20 Å². The molecular weight excluding hydrogens is 346 g/mol. The zero-order valence-electron chi connectivity index (χ0n) is 13.0. The summed E-state index contributed by atoms with van der Waals surface area (Å²) in [5.74, 6) is 0.517. The van der Waals surface area contributed by atoms with Crippen LogP contribution in [0.15, 0.2) is 59.3 Å². The molecule has 7 heteroatoms. The highest BCUT2D eigenvalue weighted by Crippen LogP contribution is 2.33. The molecule has 0 atom stereocenters. The zero-order valence-corrected chi connectivity index (χ0v) is 13.8. The first-order valence-corrected chi connectivity index (χ1v) is 7.77. The molecular formula is C18H14ClNO5. The number of hydrogen-bond acceptors (Lipinski definition) is 5. The monoisotopic (exact) mass is 359 g/mol. The van der Waals surface area contributed by atoms with Crippen molar-refractivity contribution in [3.63, 3.8) is 0 Å². The summed E-state index contributed by atoms with van der Waals surface area (Å²) in [4.78, 5) is 10.7. The summed E-state index contributed by atoms with van der Waals surface area (Å²) in [5, 5.41) is 13.0. The van der Waals surface area contributed by atoms with Crippen LogP contribution in [0.2, 0.25) is 5.02 Å². The Bertz CT molecular complexity index is 864. The fraction of sp³-hybridized carbons (Fsp3) is 0.111. The molecule has 0 amide bonds. The molecule has 0 aliphatic carbocycles.